The van der Waals surface area contributed by atoms with Crippen molar-refractivity contribution in [3.05, 3.63) is 35.4 Å². The number of ether oxygens (including phenoxy) is 3. The second-order valence-corrected chi connectivity index (χ2v) is 13.7. The second-order valence-electron chi connectivity index (χ2n) is 13.3. The zero-order valence-corrected chi connectivity index (χ0v) is 29.4. The van der Waals surface area contributed by atoms with E-state index in [-0.39, 0.29) is 61.3 Å². The van der Waals surface area contributed by atoms with Crippen LogP contribution in [0.5, 0.6) is 0 Å². The zero-order valence-electron chi connectivity index (χ0n) is 28.7. The van der Waals surface area contributed by atoms with Gasteiger partial charge in [-0.15, -0.1) is 5.10 Å². The van der Waals surface area contributed by atoms with Gasteiger partial charge in [0.2, 0.25) is 5.91 Å². The number of amides is 4. The summed E-state index contributed by atoms with van der Waals surface area (Å²) in [5, 5.41) is 19.3. The summed E-state index contributed by atoms with van der Waals surface area (Å²) in [7, 11) is 0. The number of carboxylic acids is 1. The highest BCUT2D eigenvalue weighted by molar-refractivity contribution is 6.32. The third-order valence-electron chi connectivity index (χ3n) is 6.82. The molecule has 1 aliphatic heterocycles. The van der Waals surface area contributed by atoms with Gasteiger partial charge in [-0.1, -0.05) is 16.8 Å². The van der Waals surface area contributed by atoms with Gasteiger partial charge >= 0.3 is 18.2 Å². The molecule has 2 aromatic rings. The Labute approximate surface area is 289 Å². The minimum atomic E-state index is -1.16. The molecule has 2 N–H and O–H groups in total. The van der Waals surface area contributed by atoms with Gasteiger partial charge in [0.05, 0.1) is 31.1 Å². The number of halogens is 1. The second kappa shape index (κ2) is 17.2. The van der Waals surface area contributed by atoms with Crippen molar-refractivity contribution in [2.45, 2.75) is 78.2 Å². The summed E-state index contributed by atoms with van der Waals surface area (Å²) in [6.07, 6.45) is 2.56. The van der Waals surface area contributed by atoms with Gasteiger partial charge in [0.25, 0.3) is 5.91 Å². The molecule has 1 fully saturated rings. The Bertz CT molecular complexity index is 1450. The smallest absolute Gasteiger partial charge is 0.410 e. The maximum Gasteiger partial charge on any atom is 0.410 e. The first-order valence-electron chi connectivity index (χ1n) is 15.8. The number of aliphatic carboxylic acids is 1. The van der Waals surface area contributed by atoms with E-state index in [1.165, 1.54) is 27.9 Å². The van der Waals surface area contributed by atoms with Crippen molar-refractivity contribution in [2.24, 2.45) is 0 Å². The summed E-state index contributed by atoms with van der Waals surface area (Å²) in [4.78, 5) is 70.6. The Morgan fingerprint density at radius 3 is 2.10 bits per heavy atom. The van der Waals surface area contributed by atoms with Crippen molar-refractivity contribution < 1.29 is 43.3 Å². The molecule has 1 saturated heterocycles. The zero-order chi connectivity index (χ0) is 36.4. The molecule has 0 saturated carbocycles. The quantitative estimate of drug-likeness (QED) is 0.289. The summed E-state index contributed by atoms with van der Waals surface area (Å²) in [6.45, 7) is 10.7. The number of carbonyl (C=O) groups excluding carboxylic acids is 4. The van der Waals surface area contributed by atoms with E-state index in [1.807, 2.05) is 0 Å². The van der Waals surface area contributed by atoms with Crippen molar-refractivity contribution in [3.8, 4) is 0 Å². The van der Waals surface area contributed by atoms with Crippen LogP contribution in [-0.2, 0) is 30.3 Å². The van der Waals surface area contributed by atoms with E-state index >= 15 is 0 Å². The van der Waals surface area contributed by atoms with Gasteiger partial charge in [-0.25, -0.2) is 14.6 Å². The van der Waals surface area contributed by atoms with Gasteiger partial charge < -0.3 is 29.5 Å². The van der Waals surface area contributed by atoms with Gasteiger partial charge in [-0.05, 0) is 66.5 Å². The van der Waals surface area contributed by atoms with E-state index < -0.39 is 41.8 Å². The Morgan fingerprint density at radius 2 is 1.57 bits per heavy atom. The summed E-state index contributed by atoms with van der Waals surface area (Å²) in [5.41, 5.74) is -1.29. The average Bonchev–Trinajstić information content (AvgIpc) is 3.51. The molecule has 2 aromatic heterocycles. The fourth-order valence-corrected chi connectivity index (χ4v) is 4.79. The monoisotopic (exact) mass is 708 g/mol. The van der Waals surface area contributed by atoms with Crippen LogP contribution in [0.2, 0.25) is 5.15 Å². The van der Waals surface area contributed by atoms with Crippen LogP contribution in [0.3, 0.4) is 0 Å². The predicted molar refractivity (Wildman–Crippen MR) is 176 cm³/mol. The summed E-state index contributed by atoms with van der Waals surface area (Å²) in [5.74, 6) is -2.06. The summed E-state index contributed by atoms with van der Waals surface area (Å²) in [6, 6.07) is 2.92. The van der Waals surface area contributed by atoms with Crippen molar-refractivity contribution in [2.75, 3.05) is 51.2 Å². The van der Waals surface area contributed by atoms with Crippen molar-refractivity contribution in [1.82, 2.24) is 34.7 Å². The number of carbonyl (C=O) groups is 5. The standard InChI is InChI=1S/C31H45ClN8O9/c1-30(2,3)48-28(45)38(15-16-40-14-11-33-36-40)19-24(41)34-22-7-8-23(35-26(22)32)27(44)37-12-9-21(10-13-37)47-18-17-39(20-25(42)43)29(46)49-31(4,5)6/h7-8,11,14,21H,9-10,12-13,15-20H2,1-6H3,(H,34,41)(H,42,43). The number of nitrogens with zero attached hydrogens (tertiary/aromatic N) is 7. The van der Waals surface area contributed by atoms with Crippen molar-refractivity contribution in [3.63, 3.8) is 0 Å². The lowest BCUT2D eigenvalue weighted by Crippen LogP contribution is -2.43. The Morgan fingerprint density at radius 1 is 0.959 bits per heavy atom. The lowest BCUT2D eigenvalue weighted by atomic mass is 10.1. The summed E-state index contributed by atoms with van der Waals surface area (Å²) < 4.78 is 18.1. The Balaban J connectivity index is 1.51. The molecule has 0 aromatic carbocycles. The molecular formula is C31H45ClN8O9. The minimum Gasteiger partial charge on any atom is -0.480 e. The van der Waals surface area contributed by atoms with Gasteiger partial charge in [0.15, 0.2) is 5.15 Å². The van der Waals surface area contributed by atoms with E-state index in [1.54, 1.807) is 52.6 Å². The largest absolute Gasteiger partial charge is 0.480 e. The fourth-order valence-electron chi connectivity index (χ4n) is 4.59. The van der Waals surface area contributed by atoms with Gasteiger partial charge in [0, 0.05) is 32.4 Å². The van der Waals surface area contributed by atoms with Crippen LogP contribution in [0.25, 0.3) is 0 Å². The molecule has 49 heavy (non-hydrogen) atoms. The Kier molecular flexibility index (Phi) is 13.7. The molecule has 0 unspecified atom stereocenters. The number of nitrogens with one attached hydrogen (secondary N) is 1. The molecule has 3 heterocycles. The van der Waals surface area contributed by atoms with Crippen LogP contribution < -0.4 is 5.32 Å². The summed E-state index contributed by atoms with van der Waals surface area (Å²) >= 11 is 6.35. The highest BCUT2D eigenvalue weighted by Crippen LogP contribution is 2.22. The molecule has 0 bridgehead atoms. The highest BCUT2D eigenvalue weighted by Gasteiger charge is 2.28. The average molecular weight is 709 g/mol. The Hall–Kier alpha value is -4.51. The number of likely N-dealkylation sites (tertiary alicyclic amines) is 1. The van der Waals surface area contributed by atoms with Crippen molar-refractivity contribution >= 4 is 47.3 Å². The van der Waals surface area contributed by atoms with Crippen LogP contribution in [0.15, 0.2) is 24.5 Å². The number of anilines is 1. The normalized spacial score (nSPS) is 13.8. The number of rotatable bonds is 13. The van der Waals surface area contributed by atoms with E-state index in [0.717, 1.165) is 4.90 Å². The first-order valence-corrected chi connectivity index (χ1v) is 16.2. The van der Waals surface area contributed by atoms with Crippen LogP contribution in [0, 0.1) is 0 Å². The lowest BCUT2D eigenvalue weighted by Gasteiger charge is -2.32. The number of hydrogen-bond acceptors (Lipinski definition) is 11. The SMILES string of the molecule is CC(C)(C)OC(=O)N(CCOC1CCN(C(=O)c2ccc(NC(=O)CN(CCn3ccnn3)C(=O)OC(C)(C)C)c(Cl)n2)CC1)CC(=O)O. The molecule has 3 rings (SSSR count). The van der Waals surface area contributed by atoms with E-state index in [0.29, 0.717) is 25.9 Å². The van der Waals surface area contributed by atoms with E-state index in [2.05, 4.69) is 20.6 Å². The maximum absolute atomic E-state index is 13.2. The molecule has 1 aliphatic rings. The van der Waals surface area contributed by atoms with Crippen LogP contribution >= 0.6 is 11.6 Å². The van der Waals surface area contributed by atoms with Crippen molar-refractivity contribution in [1.29, 1.82) is 0 Å². The third-order valence-corrected chi connectivity index (χ3v) is 7.11. The third kappa shape index (κ3) is 13.5. The predicted octanol–water partition coefficient (Wildman–Crippen LogP) is 3.15. The molecule has 0 atom stereocenters. The topological polar surface area (TPSA) is 199 Å². The van der Waals surface area contributed by atoms with Crippen LogP contribution in [0.1, 0.15) is 64.9 Å². The molecule has 17 nitrogen and oxygen atoms in total. The first-order chi connectivity index (χ1) is 22.9. The molecule has 18 heteroatoms. The molecule has 0 spiro atoms. The van der Waals surface area contributed by atoms with Gasteiger partial charge in [-0.2, -0.15) is 0 Å². The maximum atomic E-state index is 13.2. The van der Waals surface area contributed by atoms with E-state index in [9.17, 15) is 24.0 Å². The first kappa shape index (κ1) is 38.9. The number of piperidine rings is 1. The molecule has 0 radical (unpaired) electrons. The number of carboxylic acid groups (broad SMARTS) is 1. The number of aromatic nitrogens is 4. The molecule has 270 valence electrons. The molecular weight excluding hydrogens is 664 g/mol. The minimum absolute atomic E-state index is 0.0354. The molecule has 0 aliphatic carbocycles. The van der Waals surface area contributed by atoms with Gasteiger partial charge in [-0.3, -0.25) is 28.9 Å². The van der Waals surface area contributed by atoms with Crippen LogP contribution in [-0.4, -0.2) is 133 Å². The van der Waals surface area contributed by atoms with Gasteiger partial charge in [0.1, 0.15) is 30.0 Å². The fraction of sp³-hybridized carbons (Fsp3) is 0.613. The lowest BCUT2D eigenvalue weighted by molar-refractivity contribution is -0.138. The number of hydrogen-bond donors (Lipinski definition) is 2. The van der Waals surface area contributed by atoms with E-state index in [4.69, 9.17) is 30.9 Å². The highest BCUT2D eigenvalue weighted by atomic mass is 35.5. The van der Waals surface area contributed by atoms with Crippen LogP contribution in [0.4, 0.5) is 15.3 Å². The molecule has 4 amide bonds. The number of pyridine rings is 1.